The Morgan fingerprint density at radius 3 is 2.57 bits per heavy atom. The van der Waals surface area contributed by atoms with E-state index in [2.05, 4.69) is 15.4 Å². The molecule has 0 aliphatic carbocycles. The first-order valence-corrected chi connectivity index (χ1v) is 7.17. The van der Waals surface area contributed by atoms with Crippen molar-refractivity contribution in [2.75, 3.05) is 19.6 Å². The Kier molecular flexibility index (Phi) is 5.92. The van der Waals surface area contributed by atoms with Crippen LogP contribution in [-0.4, -0.2) is 32.2 Å². The summed E-state index contributed by atoms with van der Waals surface area (Å²) in [4.78, 5) is 11.9. The normalized spacial score (nSPS) is 16.0. The minimum atomic E-state index is -2.81. The van der Waals surface area contributed by atoms with Gasteiger partial charge in [0.25, 0.3) is 0 Å². The van der Waals surface area contributed by atoms with Gasteiger partial charge in [-0.2, -0.15) is 8.78 Å². The molecule has 6 heteroatoms. The van der Waals surface area contributed by atoms with Crippen LogP contribution >= 0.6 is 0 Å². The Labute approximate surface area is 122 Å². The van der Waals surface area contributed by atoms with E-state index in [0.717, 1.165) is 31.5 Å². The molecule has 21 heavy (non-hydrogen) atoms. The van der Waals surface area contributed by atoms with Gasteiger partial charge in [0.15, 0.2) is 0 Å². The van der Waals surface area contributed by atoms with Crippen molar-refractivity contribution in [1.82, 2.24) is 10.6 Å². The van der Waals surface area contributed by atoms with Crippen molar-refractivity contribution < 1.29 is 18.3 Å². The average molecular weight is 298 g/mol. The predicted octanol–water partition coefficient (Wildman–Crippen LogP) is 1.95. The summed E-state index contributed by atoms with van der Waals surface area (Å²) in [5.74, 6) is 0.356. The molecule has 1 aliphatic heterocycles. The smallest absolute Gasteiger partial charge is 0.387 e. The summed E-state index contributed by atoms with van der Waals surface area (Å²) in [7, 11) is 0. The topological polar surface area (TPSA) is 50.4 Å². The minimum Gasteiger partial charge on any atom is -0.435 e. The molecule has 0 unspecified atom stereocenters. The van der Waals surface area contributed by atoms with E-state index in [9.17, 15) is 13.6 Å². The van der Waals surface area contributed by atoms with Gasteiger partial charge in [0.2, 0.25) is 5.91 Å². The summed E-state index contributed by atoms with van der Waals surface area (Å²) in [6.07, 6.45) is 2.43. The van der Waals surface area contributed by atoms with Crippen LogP contribution in [0.15, 0.2) is 24.3 Å². The van der Waals surface area contributed by atoms with Crippen molar-refractivity contribution in [2.24, 2.45) is 5.92 Å². The second kappa shape index (κ2) is 7.93. The average Bonchev–Trinajstić information content (AvgIpc) is 2.49. The van der Waals surface area contributed by atoms with Gasteiger partial charge in [0.05, 0.1) is 0 Å². The molecule has 0 aromatic heterocycles. The predicted molar refractivity (Wildman–Crippen MR) is 75.4 cm³/mol. The SMILES string of the molecule is O=C(NCCc1ccc(OC(F)F)cc1)C1CCNCC1. The summed E-state index contributed by atoms with van der Waals surface area (Å²) in [6.45, 7) is -0.467. The number of ether oxygens (including phenoxy) is 1. The van der Waals surface area contributed by atoms with Crippen LogP contribution in [0.25, 0.3) is 0 Å². The van der Waals surface area contributed by atoms with E-state index in [4.69, 9.17) is 0 Å². The second-order valence-electron chi connectivity index (χ2n) is 5.09. The quantitative estimate of drug-likeness (QED) is 0.844. The summed E-state index contributed by atoms with van der Waals surface area (Å²) >= 11 is 0. The molecule has 2 N–H and O–H groups in total. The highest BCUT2D eigenvalue weighted by Gasteiger charge is 2.20. The van der Waals surface area contributed by atoms with Crippen molar-refractivity contribution in [2.45, 2.75) is 25.9 Å². The third-order valence-electron chi connectivity index (χ3n) is 3.57. The molecule has 1 heterocycles. The van der Waals surface area contributed by atoms with Gasteiger partial charge in [0, 0.05) is 12.5 Å². The number of halogens is 2. The molecule has 116 valence electrons. The number of hydrogen-bond donors (Lipinski definition) is 2. The molecule has 1 aromatic rings. The number of nitrogens with one attached hydrogen (secondary N) is 2. The molecule has 2 rings (SSSR count). The summed E-state index contributed by atoms with van der Waals surface area (Å²) in [5, 5.41) is 6.15. The largest absolute Gasteiger partial charge is 0.435 e. The zero-order valence-electron chi connectivity index (χ0n) is 11.8. The minimum absolute atomic E-state index is 0.105. The van der Waals surface area contributed by atoms with Crippen LogP contribution in [0.5, 0.6) is 5.75 Å². The number of alkyl halides is 2. The number of carbonyl (C=O) groups excluding carboxylic acids is 1. The van der Waals surface area contributed by atoms with E-state index in [0.29, 0.717) is 13.0 Å². The molecule has 0 spiro atoms. The lowest BCUT2D eigenvalue weighted by atomic mass is 9.97. The van der Waals surface area contributed by atoms with Crippen molar-refractivity contribution in [3.8, 4) is 5.75 Å². The maximum atomic E-state index is 12.0. The molecule has 1 amide bonds. The van der Waals surface area contributed by atoms with Gasteiger partial charge in [-0.3, -0.25) is 4.79 Å². The maximum absolute atomic E-state index is 12.0. The van der Waals surface area contributed by atoms with E-state index < -0.39 is 6.61 Å². The highest BCUT2D eigenvalue weighted by atomic mass is 19.3. The molecule has 1 aromatic carbocycles. The number of piperidine rings is 1. The van der Waals surface area contributed by atoms with Crippen molar-refractivity contribution in [3.63, 3.8) is 0 Å². The first-order valence-electron chi connectivity index (χ1n) is 7.17. The molecular weight excluding hydrogens is 278 g/mol. The van der Waals surface area contributed by atoms with Crippen LogP contribution in [0.2, 0.25) is 0 Å². The fourth-order valence-electron chi connectivity index (χ4n) is 2.40. The van der Waals surface area contributed by atoms with Gasteiger partial charge in [-0.05, 0) is 50.0 Å². The van der Waals surface area contributed by atoms with Gasteiger partial charge >= 0.3 is 6.61 Å². The number of amides is 1. The molecule has 0 atom stereocenters. The summed E-state index contributed by atoms with van der Waals surface area (Å²) in [5.41, 5.74) is 0.974. The number of benzene rings is 1. The third-order valence-corrected chi connectivity index (χ3v) is 3.57. The van der Waals surface area contributed by atoms with Crippen LogP contribution in [0.4, 0.5) is 8.78 Å². The highest BCUT2D eigenvalue weighted by Crippen LogP contribution is 2.15. The van der Waals surface area contributed by atoms with Gasteiger partial charge in [-0.15, -0.1) is 0 Å². The van der Waals surface area contributed by atoms with Crippen LogP contribution in [0.3, 0.4) is 0 Å². The number of carbonyl (C=O) groups is 1. The standard InChI is InChI=1S/C15H20F2N2O2/c16-15(17)21-13-3-1-11(2-4-13)5-10-19-14(20)12-6-8-18-9-7-12/h1-4,12,15,18H,5-10H2,(H,19,20). The first kappa shape index (κ1) is 15.7. The Bertz CT molecular complexity index is 445. The Morgan fingerprint density at radius 1 is 1.29 bits per heavy atom. The molecular formula is C15H20F2N2O2. The zero-order chi connectivity index (χ0) is 15.1. The molecule has 1 aliphatic rings. The van der Waals surface area contributed by atoms with Crippen molar-refractivity contribution in [3.05, 3.63) is 29.8 Å². The van der Waals surface area contributed by atoms with E-state index >= 15 is 0 Å². The Morgan fingerprint density at radius 2 is 1.95 bits per heavy atom. The molecule has 0 saturated carbocycles. The van der Waals surface area contributed by atoms with E-state index in [1.807, 2.05) is 0 Å². The van der Waals surface area contributed by atoms with Crippen molar-refractivity contribution in [1.29, 1.82) is 0 Å². The first-order chi connectivity index (χ1) is 10.1. The Balaban J connectivity index is 1.71. The van der Waals surface area contributed by atoms with Crippen molar-refractivity contribution >= 4 is 5.91 Å². The van der Waals surface area contributed by atoms with Gasteiger partial charge in [-0.25, -0.2) is 0 Å². The van der Waals surface area contributed by atoms with Gasteiger partial charge in [0.1, 0.15) is 5.75 Å². The molecule has 4 nitrogen and oxygen atoms in total. The van der Waals surface area contributed by atoms with E-state index in [-0.39, 0.29) is 17.6 Å². The van der Waals surface area contributed by atoms with E-state index in [1.165, 1.54) is 12.1 Å². The summed E-state index contributed by atoms with van der Waals surface area (Å²) in [6, 6.07) is 6.48. The monoisotopic (exact) mass is 298 g/mol. The number of rotatable bonds is 6. The molecule has 1 saturated heterocycles. The van der Waals surface area contributed by atoms with Gasteiger partial charge in [-0.1, -0.05) is 12.1 Å². The van der Waals surface area contributed by atoms with Crippen LogP contribution in [-0.2, 0) is 11.2 Å². The lowest BCUT2D eigenvalue weighted by Gasteiger charge is -2.21. The second-order valence-corrected chi connectivity index (χ2v) is 5.09. The number of hydrogen-bond acceptors (Lipinski definition) is 3. The fourth-order valence-corrected chi connectivity index (χ4v) is 2.40. The lowest BCUT2D eigenvalue weighted by Crippen LogP contribution is -2.38. The van der Waals surface area contributed by atoms with E-state index in [1.54, 1.807) is 12.1 Å². The zero-order valence-corrected chi connectivity index (χ0v) is 11.8. The fraction of sp³-hybridized carbons (Fsp3) is 0.533. The van der Waals surface area contributed by atoms with Crippen LogP contribution < -0.4 is 15.4 Å². The maximum Gasteiger partial charge on any atom is 0.387 e. The highest BCUT2D eigenvalue weighted by molar-refractivity contribution is 5.78. The van der Waals surface area contributed by atoms with Gasteiger partial charge < -0.3 is 15.4 Å². The lowest BCUT2D eigenvalue weighted by molar-refractivity contribution is -0.125. The summed E-state index contributed by atoms with van der Waals surface area (Å²) < 4.78 is 28.3. The molecule has 0 bridgehead atoms. The molecule has 1 fully saturated rings. The van der Waals surface area contributed by atoms with Crippen LogP contribution in [0.1, 0.15) is 18.4 Å². The third kappa shape index (κ3) is 5.30. The Hall–Kier alpha value is -1.69. The van der Waals surface area contributed by atoms with Crippen LogP contribution in [0, 0.1) is 5.92 Å². The molecule has 0 radical (unpaired) electrons.